The first-order valence-electron chi connectivity index (χ1n) is 12.0. The van der Waals surface area contributed by atoms with Gasteiger partial charge < -0.3 is 15.5 Å². The molecule has 0 amide bonds. The molecule has 4 nitrogen and oxygen atoms in total. The molecule has 168 valence electrons. The normalized spacial score (nSPS) is 19.6. The molecule has 2 atom stereocenters. The average molecular weight is 438 g/mol. The number of allylic oxidation sites excluding steroid dienone is 1. The highest BCUT2D eigenvalue weighted by atomic mass is 16.1. The van der Waals surface area contributed by atoms with E-state index in [0.29, 0.717) is 6.42 Å². The molecule has 4 heteroatoms. The Morgan fingerprint density at radius 1 is 0.788 bits per heavy atom. The van der Waals surface area contributed by atoms with Gasteiger partial charge in [0.05, 0.1) is 17.4 Å². The van der Waals surface area contributed by atoms with Crippen LogP contribution in [0.1, 0.15) is 49.8 Å². The van der Waals surface area contributed by atoms with Crippen LogP contribution in [0.15, 0.2) is 90.1 Å². The Hall–Kier alpha value is -3.53. The van der Waals surface area contributed by atoms with Crippen molar-refractivity contribution in [3.8, 4) is 0 Å². The van der Waals surface area contributed by atoms with Gasteiger partial charge in [-0.1, -0.05) is 54.6 Å². The maximum Gasteiger partial charge on any atom is 0.163 e. The van der Waals surface area contributed by atoms with E-state index in [1.54, 1.807) is 0 Å². The smallest absolute Gasteiger partial charge is 0.163 e. The van der Waals surface area contributed by atoms with Gasteiger partial charge in [-0.25, -0.2) is 0 Å². The number of benzene rings is 3. The zero-order valence-electron chi connectivity index (χ0n) is 19.3. The van der Waals surface area contributed by atoms with E-state index in [9.17, 15) is 4.79 Å². The Labute approximate surface area is 196 Å². The number of anilines is 3. The number of ketones is 1. The summed E-state index contributed by atoms with van der Waals surface area (Å²) in [6.45, 7) is 6.30. The van der Waals surface area contributed by atoms with E-state index in [2.05, 4.69) is 90.0 Å². The van der Waals surface area contributed by atoms with Crippen LogP contribution in [0.25, 0.3) is 0 Å². The molecular formula is C29H31N3O. The van der Waals surface area contributed by atoms with Gasteiger partial charge in [-0.05, 0) is 61.6 Å². The minimum atomic E-state index is -0.175. The van der Waals surface area contributed by atoms with Crippen molar-refractivity contribution in [2.24, 2.45) is 0 Å². The zero-order chi connectivity index (χ0) is 22.8. The standard InChI is InChI=1S/C29H31N3O/c1-3-32(4-2)23-16-14-21(15-17-23)29-28-26(30-24-12-8-9-13-25(24)31-29)18-22(19-27(28)33)20-10-6-5-7-11-20/h5-17,22,29-31H,3-4,18-19H2,1-2H3/t22-,29-/m0/s1. The minimum absolute atomic E-state index is 0.175. The second kappa shape index (κ2) is 9.14. The van der Waals surface area contributed by atoms with Gasteiger partial charge in [0.25, 0.3) is 0 Å². The fourth-order valence-electron chi connectivity index (χ4n) is 5.17. The lowest BCUT2D eigenvalue weighted by molar-refractivity contribution is -0.116. The Morgan fingerprint density at radius 2 is 1.45 bits per heavy atom. The maximum atomic E-state index is 13.6. The van der Waals surface area contributed by atoms with Crippen molar-refractivity contribution < 1.29 is 4.79 Å². The summed E-state index contributed by atoms with van der Waals surface area (Å²) >= 11 is 0. The third-order valence-electron chi connectivity index (χ3n) is 6.93. The highest BCUT2D eigenvalue weighted by Gasteiger charge is 2.36. The predicted octanol–water partition coefficient (Wildman–Crippen LogP) is 6.51. The summed E-state index contributed by atoms with van der Waals surface area (Å²) in [5.41, 5.74) is 7.50. The second-order valence-corrected chi connectivity index (χ2v) is 8.84. The monoisotopic (exact) mass is 437 g/mol. The summed E-state index contributed by atoms with van der Waals surface area (Å²) in [5, 5.41) is 7.31. The van der Waals surface area contributed by atoms with Gasteiger partial charge in [0, 0.05) is 36.5 Å². The molecule has 0 spiro atoms. The number of hydrogen-bond acceptors (Lipinski definition) is 4. The van der Waals surface area contributed by atoms with Crippen LogP contribution >= 0.6 is 0 Å². The molecule has 0 saturated carbocycles. The van der Waals surface area contributed by atoms with Crippen LogP contribution < -0.4 is 15.5 Å². The van der Waals surface area contributed by atoms with E-state index in [0.717, 1.165) is 47.7 Å². The first kappa shape index (κ1) is 21.3. The summed E-state index contributed by atoms with van der Waals surface area (Å²) < 4.78 is 0. The van der Waals surface area contributed by atoms with E-state index >= 15 is 0 Å². The molecule has 0 radical (unpaired) electrons. The predicted molar refractivity (Wildman–Crippen MR) is 137 cm³/mol. The fraction of sp³-hybridized carbons (Fsp3) is 0.276. The molecular weight excluding hydrogens is 406 g/mol. The van der Waals surface area contributed by atoms with Crippen LogP contribution in [-0.2, 0) is 4.79 Å². The van der Waals surface area contributed by atoms with Crippen molar-refractivity contribution >= 4 is 22.8 Å². The Balaban J connectivity index is 1.56. The number of Topliss-reactive ketones (excluding diaryl/α,β-unsaturated/α-hetero) is 1. The lowest BCUT2D eigenvalue weighted by Crippen LogP contribution is -2.27. The topological polar surface area (TPSA) is 44.4 Å². The molecule has 0 fully saturated rings. The number of carbonyl (C=O) groups excluding carboxylic acids is 1. The summed E-state index contributed by atoms with van der Waals surface area (Å²) in [6.07, 6.45) is 1.37. The van der Waals surface area contributed by atoms with Gasteiger partial charge in [-0.15, -0.1) is 0 Å². The van der Waals surface area contributed by atoms with E-state index in [4.69, 9.17) is 0 Å². The van der Waals surface area contributed by atoms with Gasteiger partial charge in [-0.3, -0.25) is 4.79 Å². The molecule has 0 saturated heterocycles. The van der Waals surface area contributed by atoms with E-state index in [-0.39, 0.29) is 17.7 Å². The Bertz CT molecular complexity index is 1160. The summed E-state index contributed by atoms with van der Waals surface area (Å²) in [5.74, 6) is 0.414. The van der Waals surface area contributed by atoms with E-state index in [1.807, 2.05) is 18.2 Å². The minimum Gasteiger partial charge on any atom is -0.372 e. The van der Waals surface area contributed by atoms with Crippen LogP contribution in [0.3, 0.4) is 0 Å². The van der Waals surface area contributed by atoms with Crippen LogP contribution in [0.4, 0.5) is 17.1 Å². The van der Waals surface area contributed by atoms with Gasteiger partial charge in [0.1, 0.15) is 0 Å². The molecule has 0 bridgehead atoms. The third-order valence-corrected chi connectivity index (χ3v) is 6.93. The maximum absolute atomic E-state index is 13.6. The van der Waals surface area contributed by atoms with Gasteiger partial charge in [0.2, 0.25) is 0 Å². The highest BCUT2D eigenvalue weighted by Crippen LogP contribution is 2.44. The second-order valence-electron chi connectivity index (χ2n) is 8.84. The first-order valence-corrected chi connectivity index (χ1v) is 12.0. The third kappa shape index (κ3) is 4.13. The lowest BCUT2D eigenvalue weighted by atomic mass is 9.78. The van der Waals surface area contributed by atoms with Crippen LogP contribution in [0.2, 0.25) is 0 Å². The van der Waals surface area contributed by atoms with Gasteiger partial charge in [0.15, 0.2) is 5.78 Å². The summed E-state index contributed by atoms with van der Waals surface area (Å²) in [4.78, 5) is 16.0. The van der Waals surface area contributed by atoms with Crippen LogP contribution in [0, 0.1) is 0 Å². The summed E-state index contributed by atoms with van der Waals surface area (Å²) in [7, 11) is 0. The zero-order valence-corrected chi connectivity index (χ0v) is 19.3. The Morgan fingerprint density at radius 3 is 2.15 bits per heavy atom. The van der Waals surface area contributed by atoms with E-state index in [1.165, 1.54) is 11.3 Å². The molecule has 1 aliphatic carbocycles. The van der Waals surface area contributed by atoms with Crippen molar-refractivity contribution in [3.05, 3.63) is 101 Å². The Kier molecular flexibility index (Phi) is 5.91. The van der Waals surface area contributed by atoms with Crippen molar-refractivity contribution in [2.45, 2.75) is 38.6 Å². The number of carbonyl (C=O) groups is 1. The molecule has 0 aromatic heterocycles. The quantitative estimate of drug-likeness (QED) is 0.477. The molecule has 5 rings (SSSR count). The molecule has 2 aliphatic rings. The van der Waals surface area contributed by atoms with Crippen molar-refractivity contribution in [3.63, 3.8) is 0 Å². The number of nitrogens with zero attached hydrogens (tertiary/aromatic N) is 1. The molecule has 0 unspecified atom stereocenters. The number of rotatable bonds is 5. The van der Waals surface area contributed by atoms with Crippen LogP contribution in [0.5, 0.6) is 0 Å². The average Bonchev–Trinajstić information content (AvgIpc) is 3.03. The van der Waals surface area contributed by atoms with Gasteiger partial charge >= 0.3 is 0 Å². The first-order chi connectivity index (χ1) is 16.2. The highest BCUT2D eigenvalue weighted by molar-refractivity contribution is 6.01. The molecule has 3 aromatic carbocycles. The molecule has 1 aliphatic heterocycles. The number of nitrogens with one attached hydrogen (secondary N) is 2. The van der Waals surface area contributed by atoms with Crippen molar-refractivity contribution in [1.82, 2.24) is 0 Å². The van der Waals surface area contributed by atoms with Gasteiger partial charge in [-0.2, -0.15) is 0 Å². The van der Waals surface area contributed by atoms with Crippen LogP contribution in [-0.4, -0.2) is 18.9 Å². The number of para-hydroxylation sites is 2. The largest absolute Gasteiger partial charge is 0.372 e. The number of hydrogen-bond donors (Lipinski definition) is 2. The SMILES string of the molecule is CCN(CC)c1ccc([C@@H]2Nc3ccccc3NC3=C2C(=O)C[C@@H](c2ccccc2)C3)cc1. The molecule has 3 aromatic rings. The van der Waals surface area contributed by atoms with Crippen molar-refractivity contribution in [1.29, 1.82) is 0 Å². The number of fused-ring (bicyclic) bond motifs is 1. The molecule has 2 N–H and O–H groups in total. The molecule has 1 heterocycles. The van der Waals surface area contributed by atoms with E-state index < -0.39 is 0 Å². The summed E-state index contributed by atoms with van der Waals surface area (Å²) in [6, 6.07) is 27.1. The molecule has 33 heavy (non-hydrogen) atoms. The van der Waals surface area contributed by atoms with Crippen molar-refractivity contribution in [2.75, 3.05) is 28.6 Å². The lowest BCUT2D eigenvalue weighted by Gasteiger charge is -2.30. The fourth-order valence-corrected chi connectivity index (χ4v) is 5.17.